The number of halogens is 1. The normalized spacial score (nSPS) is 12.5. The Kier molecular flexibility index (Phi) is 5.60. The average Bonchev–Trinajstić information content (AvgIpc) is 2.29. The van der Waals surface area contributed by atoms with Crippen molar-refractivity contribution in [2.24, 2.45) is 5.73 Å². The summed E-state index contributed by atoms with van der Waals surface area (Å²) in [5, 5.41) is 0.600. The van der Waals surface area contributed by atoms with E-state index in [0.717, 1.165) is 12.0 Å². The highest BCUT2D eigenvalue weighted by Crippen LogP contribution is 2.25. The molecule has 1 aromatic rings. The predicted molar refractivity (Wildman–Crippen MR) is 65.9 cm³/mol. The standard InChI is InChI=1S/C12H18ClNO2/c1-3-10(14)8-16-7-9-4-5-12(15-2)11(13)6-9/h4-6,10H,3,7-8,14H2,1-2H3. The van der Waals surface area contributed by atoms with E-state index >= 15 is 0 Å². The Hall–Kier alpha value is -0.770. The number of methoxy groups -OCH3 is 1. The smallest absolute Gasteiger partial charge is 0.137 e. The van der Waals surface area contributed by atoms with E-state index in [1.54, 1.807) is 7.11 Å². The van der Waals surface area contributed by atoms with E-state index in [9.17, 15) is 0 Å². The molecule has 16 heavy (non-hydrogen) atoms. The maximum absolute atomic E-state index is 5.99. The van der Waals surface area contributed by atoms with Crippen molar-refractivity contribution in [2.75, 3.05) is 13.7 Å². The van der Waals surface area contributed by atoms with Gasteiger partial charge in [0.1, 0.15) is 5.75 Å². The van der Waals surface area contributed by atoms with E-state index in [-0.39, 0.29) is 6.04 Å². The van der Waals surface area contributed by atoms with Crippen molar-refractivity contribution in [2.45, 2.75) is 26.0 Å². The van der Waals surface area contributed by atoms with Gasteiger partial charge >= 0.3 is 0 Å². The highest BCUT2D eigenvalue weighted by atomic mass is 35.5. The molecule has 3 nitrogen and oxygen atoms in total. The minimum Gasteiger partial charge on any atom is -0.495 e. The van der Waals surface area contributed by atoms with Crippen LogP contribution in [-0.2, 0) is 11.3 Å². The zero-order chi connectivity index (χ0) is 12.0. The number of nitrogens with two attached hydrogens (primary N) is 1. The second-order valence-electron chi connectivity index (χ2n) is 3.65. The molecule has 0 bridgehead atoms. The van der Waals surface area contributed by atoms with Crippen LogP contribution in [-0.4, -0.2) is 19.8 Å². The number of hydrogen-bond acceptors (Lipinski definition) is 3. The fourth-order valence-electron chi connectivity index (χ4n) is 1.25. The summed E-state index contributed by atoms with van der Waals surface area (Å²) in [6, 6.07) is 5.72. The van der Waals surface area contributed by atoms with E-state index in [1.807, 2.05) is 25.1 Å². The van der Waals surface area contributed by atoms with Gasteiger partial charge in [0, 0.05) is 6.04 Å². The van der Waals surface area contributed by atoms with Crippen LogP contribution in [0.15, 0.2) is 18.2 Å². The molecule has 0 amide bonds. The fourth-order valence-corrected chi connectivity index (χ4v) is 1.53. The molecular weight excluding hydrogens is 226 g/mol. The Morgan fingerprint density at radius 2 is 2.19 bits per heavy atom. The van der Waals surface area contributed by atoms with Gasteiger partial charge in [0.25, 0.3) is 0 Å². The molecule has 0 heterocycles. The number of rotatable bonds is 6. The summed E-state index contributed by atoms with van der Waals surface area (Å²) >= 11 is 5.99. The van der Waals surface area contributed by atoms with Gasteiger partial charge in [-0.25, -0.2) is 0 Å². The van der Waals surface area contributed by atoms with Crippen LogP contribution in [0.25, 0.3) is 0 Å². The van der Waals surface area contributed by atoms with E-state index in [1.165, 1.54) is 0 Å². The first-order chi connectivity index (χ1) is 7.67. The van der Waals surface area contributed by atoms with Gasteiger partial charge in [0.05, 0.1) is 25.3 Å². The van der Waals surface area contributed by atoms with E-state index in [0.29, 0.717) is 24.0 Å². The molecule has 0 aromatic heterocycles. The maximum Gasteiger partial charge on any atom is 0.137 e. The lowest BCUT2D eigenvalue weighted by molar-refractivity contribution is 0.107. The Morgan fingerprint density at radius 3 is 2.75 bits per heavy atom. The van der Waals surface area contributed by atoms with E-state index < -0.39 is 0 Å². The minimum atomic E-state index is 0.105. The average molecular weight is 244 g/mol. The SMILES string of the molecule is CCC(N)COCc1ccc(OC)c(Cl)c1. The number of hydrogen-bond donors (Lipinski definition) is 1. The van der Waals surface area contributed by atoms with Crippen LogP contribution in [0.4, 0.5) is 0 Å². The summed E-state index contributed by atoms with van der Waals surface area (Å²) in [6.45, 7) is 3.13. The minimum absolute atomic E-state index is 0.105. The van der Waals surface area contributed by atoms with Crippen LogP contribution in [0, 0.1) is 0 Å². The molecule has 1 aromatic carbocycles. The molecule has 4 heteroatoms. The molecule has 2 N–H and O–H groups in total. The second kappa shape index (κ2) is 6.74. The summed E-state index contributed by atoms with van der Waals surface area (Å²) in [4.78, 5) is 0. The molecule has 1 rings (SSSR count). The zero-order valence-corrected chi connectivity index (χ0v) is 10.5. The summed E-state index contributed by atoms with van der Waals surface area (Å²) in [5.41, 5.74) is 6.76. The molecule has 0 aliphatic heterocycles. The number of benzene rings is 1. The van der Waals surface area contributed by atoms with E-state index in [2.05, 4.69) is 0 Å². The van der Waals surface area contributed by atoms with Crippen LogP contribution in [0.3, 0.4) is 0 Å². The van der Waals surface area contributed by atoms with Gasteiger partial charge in [-0.2, -0.15) is 0 Å². The van der Waals surface area contributed by atoms with Crippen LogP contribution >= 0.6 is 11.6 Å². The lowest BCUT2D eigenvalue weighted by Crippen LogP contribution is -2.24. The zero-order valence-electron chi connectivity index (χ0n) is 9.70. The quantitative estimate of drug-likeness (QED) is 0.835. The molecule has 90 valence electrons. The molecule has 0 fully saturated rings. The summed E-state index contributed by atoms with van der Waals surface area (Å²) in [6.07, 6.45) is 0.920. The van der Waals surface area contributed by atoms with Gasteiger partial charge in [0.15, 0.2) is 0 Å². The Labute approximate surface area is 101 Å². The maximum atomic E-state index is 5.99. The summed E-state index contributed by atoms with van der Waals surface area (Å²) in [5.74, 6) is 0.677. The van der Waals surface area contributed by atoms with Crippen molar-refractivity contribution in [1.82, 2.24) is 0 Å². The topological polar surface area (TPSA) is 44.5 Å². The molecule has 0 aliphatic rings. The lowest BCUT2D eigenvalue weighted by atomic mass is 10.2. The van der Waals surface area contributed by atoms with Gasteiger partial charge in [-0.15, -0.1) is 0 Å². The fraction of sp³-hybridized carbons (Fsp3) is 0.500. The third-order valence-corrected chi connectivity index (χ3v) is 2.64. The van der Waals surface area contributed by atoms with Crippen LogP contribution < -0.4 is 10.5 Å². The summed E-state index contributed by atoms with van der Waals surface area (Å²) < 4.78 is 10.5. The van der Waals surface area contributed by atoms with Gasteiger partial charge in [-0.1, -0.05) is 24.6 Å². The van der Waals surface area contributed by atoms with Gasteiger partial charge < -0.3 is 15.2 Å². The first kappa shape index (κ1) is 13.3. The predicted octanol–water partition coefficient (Wildman–Crippen LogP) is 2.60. The summed E-state index contributed by atoms with van der Waals surface area (Å²) in [7, 11) is 1.59. The van der Waals surface area contributed by atoms with Crippen molar-refractivity contribution in [3.63, 3.8) is 0 Å². The molecule has 0 saturated carbocycles. The largest absolute Gasteiger partial charge is 0.495 e. The van der Waals surface area contributed by atoms with Crippen molar-refractivity contribution >= 4 is 11.6 Å². The van der Waals surface area contributed by atoms with E-state index in [4.69, 9.17) is 26.8 Å². The third kappa shape index (κ3) is 4.00. The van der Waals surface area contributed by atoms with Crippen molar-refractivity contribution in [1.29, 1.82) is 0 Å². The molecule has 1 atom stereocenters. The van der Waals surface area contributed by atoms with Gasteiger partial charge in [-0.05, 0) is 24.1 Å². The molecule has 0 spiro atoms. The highest BCUT2D eigenvalue weighted by molar-refractivity contribution is 6.32. The van der Waals surface area contributed by atoms with Crippen LogP contribution in [0.2, 0.25) is 5.02 Å². The number of ether oxygens (including phenoxy) is 2. The molecular formula is C12H18ClNO2. The molecule has 0 radical (unpaired) electrons. The first-order valence-corrected chi connectivity index (χ1v) is 5.71. The third-order valence-electron chi connectivity index (χ3n) is 2.34. The van der Waals surface area contributed by atoms with Gasteiger partial charge in [0.2, 0.25) is 0 Å². The molecule has 0 aliphatic carbocycles. The molecule has 1 unspecified atom stereocenters. The van der Waals surface area contributed by atoms with Crippen molar-refractivity contribution < 1.29 is 9.47 Å². The first-order valence-electron chi connectivity index (χ1n) is 5.33. The highest BCUT2D eigenvalue weighted by Gasteiger charge is 2.03. The van der Waals surface area contributed by atoms with Gasteiger partial charge in [-0.3, -0.25) is 0 Å². The van der Waals surface area contributed by atoms with Crippen LogP contribution in [0.5, 0.6) is 5.75 Å². The Morgan fingerprint density at radius 1 is 1.44 bits per heavy atom. The Bertz CT molecular complexity index is 331. The van der Waals surface area contributed by atoms with Crippen molar-refractivity contribution in [3.05, 3.63) is 28.8 Å². The monoisotopic (exact) mass is 243 g/mol. The lowest BCUT2D eigenvalue weighted by Gasteiger charge is -2.10. The molecule has 0 saturated heterocycles. The van der Waals surface area contributed by atoms with Crippen LogP contribution in [0.1, 0.15) is 18.9 Å². The van der Waals surface area contributed by atoms with Crippen molar-refractivity contribution in [3.8, 4) is 5.75 Å². The Balaban J connectivity index is 2.46. The second-order valence-corrected chi connectivity index (χ2v) is 4.06.